The molecule has 0 aromatic heterocycles. The van der Waals surface area contributed by atoms with Gasteiger partial charge in [0.15, 0.2) is 0 Å². The average Bonchev–Trinajstić information content (AvgIpc) is 2.66. The molecule has 1 aliphatic heterocycles. The largest absolute Gasteiger partial charge is 2.00 e. The van der Waals surface area contributed by atoms with Crippen LogP contribution in [0.3, 0.4) is 0 Å². The molecular formula is C12H25N3O2W. The van der Waals surface area contributed by atoms with E-state index in [0.717, 1.165) is 25.7 Å². The van der Waals surface area contributed by atoms with Gasteiger partial charge in [-0.1, -0.05) is 39.5 Å². The summed E-state index contributed by atoms with van der Waals surface area (Å²) in [6.45, 7) is 5.37. The Morgan fingerprint density at radius 1 is 0.944 bits per heavy atom. The van der Waals surface area contributed by atoms with E-state index in [1.54, 1.807) is 0 Å². The molecule has 0 aromatic carbocycles. The van der Waals surface area contributed by atoms with E-state index in [4.69, 9.17) is 11.5 Å². The molecule has 0 saturated carbocycles. The van der Waals surface area contributed by atoms with Crippen LogP contribution in [0.15, 0.2) is 0 Å². The number of imide groups is 1. The van der Waals surface area contributed by atoms with E-state index in [1.165, 1.54) is 0 Å². The van der Waals surface area contributed by atoms with Gasteiger partial charge in [0, 0.05) is 12.8 Å². The summed E-state index contributed by atoms with van der Waals surface area (Å²) >= 11 is 0. The van der Waals surface area contributed by atoms with Crippen LogP contribution in [0.4, 0.5) is 0 Å². The van der Waals surface area contributed by atoms with E-state index in [2.05, 4.69) is 19.2 Å². The van der Waals surface area contributed by atoms with E-state index in [1.807, 2.05) is 0 Å². The van der Waals surface area contributed by atoms with Gasteiger partial charge >= 0.3 is 21.1 Å². The van der Waals surface area contributed by atoms with Crippen molar-refractivity contribution >= 4 is 11.8 Å². The molecule has 1 fully saturated rings. The molecule has 106 valence electrons. The first-order valence-corrected chi connectivity index (χ1v) is 6.24. The number of carbonyl (C=O) groups is 2. The van der Waals surface area contributed by atoms with E-state index in [0.29, 0.717) is 25.9 Å². The minimum Gasteiger partial charge on any atom is -0.677 e. The minimum atomic E-state index is -0.148. The zero-order valence-corrected chi connectivity index (χ0v) is 14.3. The normalized spacial score (nSPS) is 12.4. The molecule has 0 radical (unpaired) electrons. The Labute approximate surface area is 125 Å². The summed E-state index contributed by atoms with van der Waals surface area (Å²) in [6.07, 6.45) is 5.17. The predicted molar refractivity (Wildman–Crippen MR) is 70.6 cm³/mol. The standard InChI is InChI=1S/C4H5NO2.2C4H10N.W/c6-3-1-2-4(7)5-3;2*1-2-3-4-5;/h1-2H2,(H,5,6,7);2*5H,2-4H2,1H3;/q;2*-1;+2. The summed E-state index contributed by atoms with van der Waals surface area (Å²) in [6, 6.07) is 0. The third kappa shape index (κ3) is 21.1. The van der Waals surface area contributed by atoms with Gasteiger partial charge in [0.1, 0.15) is 0 Å². The summed E-state index contributed by atoms with van der Waals surface area (Å²) in [5.41, 5.74) is 13.2. The molecule has 0 aliphatic carbocycles. The first-order chi connectivity index (χ1) is 8.12. The van der Waals surface area contributed by atoms with Crippen LogP contribution in [0, 0.1) is 0 Å². The van der Waals surface area contributed by atoms with Gasteiger partial charge in [0.25, 0.3) is 0 Å². The molecule has 2 amide bonds. The molecule has 1 rings (SSSR count). The zero-order valence-electron chi connectivity index (χ0n) is 11.4. The van der Waals surface area contributed by atoms with E-state index in [-0.39, 0.29) is 32.9 Å². The molecule has 1 heterocycles. The first kappa shape index (κ1) is 22.9. The van der Waals surface area contributed by atoms with Gasteiger partial charge in [-0.05, 0) is 0 Å². The van der Waals surface area contributed by atoms with Crippen LogP contribution in [0.2, 0.25) is 0 Å². The molecule has 1 aliphatic rings. The van der Waals surface area contributed by atoms with Crippen LogP contribution in [0.25, 0.3) is 11.5 Å². The Morgan fingerprint density at radius 3 is 1.33 bits per heavy atom. The maximum Gasteiger partial charge on any atom is 2.00 e. The third-order valence-corrected chi connectivity index (χ3v) is 1.92. The number of amides is 2. The molecule has 5 nitrogen and oxygen atoms in total. The maximum absolute atomic E-state index is 10.1. The summed E-state index contributed by atoms with van der Waals surface area (Å²) in [7, 11) is 0. The molecule has 18 heavy (non-hydrogen) atoms. The fourth-order valence-corrected chi connectivity index (χ4v) is 0.861. The molecule has 0 bridgehead atoms. The van der Waals surface area contributed by atoms with Crippen molar-refractivity contribution in [3.05, 3.63) is 11.5 Å². The van der Waals surface area contributed by atoms with Gasteiger partial charge in [0.2, 0.25) is 11.8 Å². The molecular weight excluding hydrogens is 402 g/mol. The van der Waals surface area contributed by atoms with Crippen molar-refractivity contribution in [2.24, 2.45) is 0 Å². The van der Waals surface area contributed by atoms with Crippen LogP contribution in [0.5, 0.6) is 0 Å². The second kappa shape index (κ2) is 19.1. The van der Waals surface area contributed by atoms with Gasteiger partial charge in [-0.2, -0.15) is 13.1 Å². The summed E-state index contributed by atoms with van der Waals surface area (Å²) < 4.78 is 0. The van der Waals surface area contributed by atoms with E-state index in [9.17, 15) is 9.59 Å². The molecule has 0 spiro atoms. The van der Waals surface area contributed by atoms with Crippen molar-refractivity contribution in [1.82, 2.24) is 5.32 Å². The smallest absolute Gasteiger partial charge is 0.677 e. The van der Waals surface area contributed by atoms with Crippen LogP contribution in [-0.4, -0.2) is 24.9 Å². The molecule has 0 atom stereocenters. The van der Waals surface area contributed by atoms with E-state index < -0.39 is 0 Å². The van der Waals surface area contributed by atoms with Crippen molar-refractivity contribution in [2.45, 2.75) is 52.4 Å². The van der Waals surface area contributed by atoms with Gasteiger partial charge in [0.05, 0.1) is 0 Å². The first-order valence-electron chi connectivity index (χ1n) is 6.24. The molecule has 3 N–H and O–H groups in total. The monoisotopic (exact) mass is 427 g/mol. The SMILES string of the molecule is CCCC[NH-].CCCC[NH-].O=C1CCC(=O)N1.[W+2]. The van der Waals surface area contributed by atoms with E-state index >= 15 is 0 Å². The van der Waals surface area contributed by atoms with Gasteiger partial charge in [-0.25, -0.2) is 0 Å². The number of hydrogen-bond acceptors (Lipinski definition) is 2. The Balaban J connectivity index is -0.000000188. The van der Waals surface area contributed by atoms with Crippen LogP contribution >= 0.6 is 0 Å². The van der Waals surface area contributed by atoms with Gasteiger partial charge in [-0.15, -0.1) is 0 Å². The second-order valence-corrected chi connectivity index (χ2v) is 3.68. The Kier molecular flexibility index (Phi) is 24.3. The second-order valence-electron chi connectivity index (χ2n) is 3.68. The van der Waals surface area contributed by atoms with Crippen molar-refractivity contribution in [1.29, 1.82) is 0 Å². The average molecular weight is 427 g/mol. The number of rotatable bonds is 4. The zero-order chi connectivity index (χ0) is 13.5. The van der Waals surface area contributed by atoms with Gasteiger partial charge in [-0.3, -0.25) is 14.9 Å². The third-order valence-electron chi connectivity index (χ3n) is 1.92. The van der Waals surface area contributed by atoms with Crippen molar-refractivity contribution < 1.29 is 30.7 Å². The minimum absolute atomic E-state index is 0. The molecule has 1 saturated heterocycles. The molecule has 0 aromatic rings. The van der Waals surface area contributed by atoms with Crippen LogP contribution in [-0.2, 0) is 30.7 Å². The van der Waals surface area contributed by atoms with Crippen molar-refractivity contribution in [3.8, 4) is 0 Å². The molecule has 0 unspecified atom stereocenters. The number of hydrogen-bond donors (Lipinski definition) is 1. The van der Waals surface area contributed by atoms with Crippen LogP contribution < -0.4 is 5.32 Å². The Hall–Kier alpha value is -0.252. The summed E-state index contributed by atoms with van der Waals surface area (Å²) in [5.74, 6) is -0.296. The Morgan fingerprint density at radius 2 is 1.28 bits per heavy atom. The quantitative estimate of drug-likeness (QED) is 0.699. The summed E-state index contributed by atoms with van der Waals surface area (Å²) in [4.78, 5) is 20.2. The number of carbonyl (C=O) groups excluding carboxylic acids is 2. The van der Waals surface area contributed by atoms with Crippen molar-refractivity contribution in [2.75, 3.05) is 13.1 Å². The number of unbranched alkanes of at least 4 members (excludes halogenated alkanes) is 2. The predicted octanol–water partition coefficient (Wildman–Crippen LogP) is 3.10. The maximum atomic E-state index is 10.1. The fourth-order valence-electron chi connectivity index (χ4n) is 0.861. The van der Waals surface area contributed by atoms with Crippen molar-refractivity contribution in [3.63, 3.8) is 0 Å². The fraction of sp³-hybridized carbons (Fsp3) is 0.833. The summed E-state index contributed by atoms with van der Waals surface area (Å²) in [5, 5.41) is 2.14. The topological polar surface area (TPSA) is 93.8 Å². The van der Waals surface area contributed by atoms with Crippen LogP contribution in [0.1, 0.15) is 52.4 Å². The Bertz CT molecular complexity index is 178. The number of nitrogens with one attached hydrogen (secondary N) is 3. The van der Waals surface area contributed by atoms with Gasteiger partial charge < -0.3 is 11.5 Å². The molecule has 6 heteroatoms.